The number of amides is 1. The zero-order valence-corrected chi connectivity index (χ0v) is 18.9. The predicted molar refractivity (Wildman–Crippen MR) is 124 cm³/mol. The predicted octanol–water partition coefficient (Wildman–Crippen LogP) is 1.40. The standard InChI is InChI=1S/C20H25N5O4S2/c1-24(2)17-5-3-4-15(14-17)19(26)22-23-20(30)21-16-6-8-18(9-7-16)31(27,28)25-10-12-29-13-11-25/h3-9,14H,10-13H2,1-2H3,(H,22,26)(H2,21,23,30). The minimum Gasteiger partial charge on any atom is -0.379 e. The average molecular weight is 464 g/mol. The molecule has 3 rings (SSSR count). The lowest BCUT2D eigenvalue weighted by Gasteiger charge is -2.26. The van der Waals surface area contributed by atoms with Crippen LogP contribution in [0.4, 0.5) is 11.4 Å². The lowest BCUT2D eigenvalue weighted by atomic mass is 10.2. The topological polar surface area (TPSA) is 103 Å². The number of nitrogens with zero attached hydrogens (tertiary/aromatic N) is 2. The van der Waals surface area contributed by atoms with E-state index in [9.17, 15) is 13.2 Å². The minimum absolute atomic E-state index is 0.168. The second-order valence-corrected chi connectivity index (χ2v) is 9.37. The fraction of sp³-hybridized carbons (Fsp3) is 0.300. The van der Waals surface area contributed by atoms with E-state index in [-0.39, 0.29) is 15.9 Å². The number of ether oxygens (including phenoxy) is 1. The van der Waals surface area contributed by atoms with Gasteiger partial charge < -0.3 is 15.0 Å². The molecule has 9 nitrogen and oxygen atoms in total. The summed E-state index contributed by atoms with van der Waals surface area (Å²) in [4.78, 5) is 14.4. The first kappa shape index (κ1) is 22.9. The van der Waals surface area contributed by atoms with Gasteiger partial charge in [0.2, 0.25) is 10.0 Å². The Hall–Kier alpha value is -2.73. The number of hydrogen-bond acceptors (Lipinski definition) is 6. The minimum atomic E-state index is -3.55. The van der Waals surface area contributed by atoms with Crippen molar-refractivity contribution in [2.75, 3.05) is 50.6 Å². The van der Waals surface area contributed by atoms with Crippen molar-refractivity contribution in [1.82, 2.24) is 15.2 Å². The maximum atomic E-state index is 12.7. The largest absolute Gasteiger partial charge is 0.379 e. The van der Waals surface area contributed by atoms with Gasteiger partial charge in [-0.2, -0.15) is 4.31 Å². The number of carbonyl (C=O) groups is 1. The Morgan fingerprint density at radius 3 is 2.39 bits per heavy atom. The van der Waals surface area contributed by atoms with E-state index in [2.05, 4.69) is 16.2 Å². The number of hydrazine groups is 1. The molecule has 1 aliphatic rings. The van der Waals surface area contributed by atoms with Crippen LogP contribution < -0.4 is 21.1 Å². The van der Waals surface area contributed by atoms with Crippen molar-refractivity contribution in [3.8, 4) is 0 Å². The van der Waals surface area contributed by atoms with E-state index in [1.54, 1.807) is 30.3 Å². The third kappa shape index (κ3) is 5.91. The number of sulfonamides is 1. The van der Waals surface area contributed by atoms with Gasteiger partial charge in [-0.1, -0.05) is 6.07 Å². The monoisotopic (exact) mass is 463 g/mol. The van der Waals surface area contributed by atoms with Crippen LogP contribution in [0.15, 0.2) is 53.4 Å². The van der Waals surface area contributed by atoms with Crippen molar-refractivity contribution in [3.05, 3.63) is 54.1 Å². The fourth-order valence-electron chi connectivity index (χ4n) is 2.92. The van der Waals surface area contributed by atoms with Crippen molar-refractivity contribution in [1.29, 1.82) is 0 Å². The van der Waals surface area contributed by atoms with Crippen molar-refractivity contribution in [2.24, 2.45) is 0 Å². The fourth-order valence-corrected chi connectivity index (χ4v) is 4.50. The van der Waals surface area contributed by atoms with Crippen LogP contribution in [0.25, 0.3) is 0 Å². The molecule has 0 unspecified atom stereocenters. The lowest BCUT2D eigenvalue weighted by Crippen LogP contribution is -2.43. The molecule has 1 heterocycles. The summed E-state index contributed by atoms with van der Waals surface area (Å²) in [6.07, 6.45) is 0. The first-order valence-electron chi connectivity index (χ1n) is 9.60. The number of nitrogens with one attached hydrogen (secondary N) is 3. The first-order valence-corrected chi connectivity index (χ1v) is 11.4. The van der Waals surface area contributed by atoms with Gasteiger partial charge >= 0.3 is 0 Å². The molecule has 0 saturated carbocycles. The molecule has 0 aromatic heterocycles. The maximum absolute atomic E-state index is 12.7. The number of benzene rings is 2. The highest BCUT2D eigenvalue weighted by molar-refractivity contribution is 7.89. The van der Waals surface area contributed by atoms with E-state index >= 15 is 0 Å². The zero-order chi connectivity index (χ0) is 22.4. The number of thiocarbonyl (C=S) groups is 1. The quantitative estimate of drug-likeness (QED) is 0.452. The summed E-state index contributed by atoms with van der Waals surface area (Å²) in [6, 6.07) is 13.4. The van der Waals surface area contributed by atoms with Gasteiger partial charge in [0.1, 0.15) is 0 Å². The Bertz CT molecular complexity index is 1040. The van der Waals surface area contributed by atoms with Crippen LogP contribution in [0.1, 0.15) is 10.4 Å². The Morgan fingerprint density at radius 1 is 1.06 bits per heavy atom. The van der Waals surface area contributed by atoms with Gasteiger partial charge in [0.15, 0.2) is 5.11 Å². The molecule has 0 atom stereocenters. The van der Waals surface area contributed by atoms with Gasteiger partial charge in [-0.25, -0.2) is 8.42 Å². The Balaban J connectivity index is 1.55. The van der Waals surface area contributed by atoms with E-state index < -0.39 is 10.0 Å². The van der Waals surface area contributed by atoms with Crippen LogP contribution in [0.3, 0.4) is 0 Å². The van der Waals surface area contributed by atoms with E-state index in [0.29, 0.717) is 37.6 Å². The molecular weight excluding hydrogens is 438 g/mol. The summed E-state index contributed by atoms with van der Waals surface area (Å²) >= 11 is 5.19. The molecule has 1 aliphatic heterocycles. The second-order valence-electron chi connectivity index (χ2n) is 7.02. The maximum Gasteiger partial charge on any atom is 0.269 e. The summed E-state index contributed by atoms with van der Waals surface area (Å²) in [7, 11) is 0.237. The van der Waals surface area contributed by atoms with Crippen LogP contribution in [-0.2, 0) is 14.8 Å². The Morgan fingerprint density at radius 2 is 1.74 bits per heavy atom. The van der Waals surface area contributed by atoms with Crippen LogP contribution in [0.2, 0.25) is 0 Å². The van der Waals surface area contributed by atoms with Crippen LogP contribution >= 0.6 is 12.2 Å². The van der Waals surface area contributed by atoms with Gasteiger partial charge in [-0.15, -0.1) is 0 Å². The zero-order valence-electron chi connectivity index (χ0n) is 17.3. The summed E-state index contributed by atoms with van der Waals surface area (Å²) in [5, 5.41) is 3.07. The van der Waals surface area contributed by atoms with Gasteiger partial charge in [0, 0.05) is 44.1 Å². The molecule has 0 bridgehead atoms. The molecule has 2 aromatic rings. The molecule has 0 aliphatic carbocycles. The lowest BCUT2D eigenvalue weighted by molar-refractivity contribution is 0.0730. The van der Waals surface area contributed by atoms with E-state index in [4.69, 9.17) is 17.0 Å². The number of rotatable bonds is 5. The number of morpholine rings is 1. The molecule has 3 N–H and O–H groups in total. The molecule has 2 aromatic carbocycles. The number of carbonyl (C=O) groups excluding carboxylic acids is 1. The number of hydrogen-bond donors (Lipinski definition) is 3. The summed E-state index contributed by atoms with van der Waals surface area (Å²) in [5.41, 5.74) is 7.15. The molecule has 0 spiro atoms. The van der Waals surface area contributed by atoms with Gasteiger partial charge in [0.25, 0.3) is 5.91 Å². The SMILES string of the molecule is CN(C)c1cccc(C(=O)NNC(=S)Nc2ccc(S(=O)(=O)N3CCOCC3)cc2)c1. The van der Waals surface area contributed by atoms with Crippen LogP contribution in [-0.4, -0.2) is 64.1 Å². The molecule has 1 fully saturated rings. The van der Waals surface area contributed by atoms with Crippen LogP contribution in [0.5, 0.6) is 0 Å². The van der Waals surface area contributed by atoms with E-state index in [1.165, 1.54) is 16.4 Å². The second kappa shape index (κ2) is 10.1. The van der Waals surface area contributed by atoms with Crippen LogP contribution in [0, 0.1) is 0 Å². The molecule has 11 heteroatoms. The highest BCUT2D eigenvalue weighted by Crippen LogP contribution is 2.19. The van der Waals surface area contributed by atoms with E-state index in [0.717, 1.165) is 5.69 Å². The van der Waals surface area contributed by atoms with Crippen molar-refractivity contribution >= 4 is 44.6 Å². The third-order valence-electron chi connectivity index (χ3n) is 4.63. The Kier molecular flexibility index (Phi) is 7.44. The molecule has 1 amide bonds. The summed E-state index contributed by atoms with van der Waals surface area (Å²) in [5.74, 6) is -0.334. The molecule has 1 saturated heterocycles. The Labute approximate surface area is 187 Å². The highest BCUT2D eigenvalue weighted by Gasteiger charge is 2.26. The first-order chi connectivity index (χ1) is 14.8. The summed E-state index contributed by atoms with van der Waals surface area (Å²) < 4.78 is 31.9. The molecule has 166 valence electrons. The van der Waals surface area contributed by atoms with Gasteiger partial charge in [-0.05, 0) is 54.7 Å². The molecular formula is C20H25N5O4S2. The average Bonchev–Trinajstić information content (AvgIpc) is 2.78. The van der Waals surface area contributed by atoms with Gasteiger partial charge in [-0.3, -0.25) is 15.6 Å². The van der Waals surface area contributed by atoms with Crippen molar-refractivity contribution < 1.29 is 17.9 Å². The normalized spacial score (nSPS) is 14.5. The van der Waals surface area contributed by atoms with Crippen molar-refractivity contribution in [2.45, 2.75) is 4.90 Å². The molecule has 0 radical (unpaired) electrons. The molecule has 31 heavy (non-hydrogen) atoms. The third-order valence-corrected chi connectivity index (χ3v) is 6.75. The highest BCUT2D eigenvalue weighted by atomic mass is 32.2. The van der Waals surface area contributed by atoms with E-state index in [1.807, 2.05) is 25.1 Å². The smallest absolute Gasteiger partial charge is 0.269 e. The summed E-state index contributed by atoms with van der Waals surface area (Å²) in [6.45, 7) is 1.47. The van der Waals surface area contributed by atoms with Crippen molar-refractivity contribution in [3.63, 3.8) is 0 Å². The number of anilines is 2. The van der Waals surface area contributed by atoms with Gasteiger partial charge in [0.05, 0.1) is 18.1 Å².